The van der Waals surface area contributed by atoms with Gasteiger partial charge < -0.3 is 13.3 Å². The van der Waals surface area contributed by atoms with Crippen molar-refractivity contribution in [2.24, 2.45) is 0 Å². The minimum atomic E-state index is -0.297. The first-order valence-corrected chi connectivity index (χ1v) is 5.77. The molecule has 0 N–H and O–H groups in total. The zero-order valence-corrected chi connectivity index (χ0v) is 9.72. The first-order valence-electron chi connectivity index (χ1n) is 4.96. The number of thioether (sulfide) groups is 1. The number of hydrogen-bond donors (Lipinski definition) is 0. The lowest BCUT2D eigenvalue weighted by Crippen LogP contribution is -1.89. The van der Waals surface area contributed by atoms with Gasteiger partial charge in [-0.1, -0.05) is 0 Å². The third kappa shape index (κ3) is 2.07. The standard InChI is InChI=1S/C11H6N2O4S/c14-10(8-4-2-6-16-8)18-11-13-12-9(17-11)7-3-1-5-15-7/h1-6H. The average molecular weight is 262 g/mol. The molecule has 0 fully saturated rings. The highest BCUT2D eigenvalue weighted by atomic mass is 32.2. The Hall–Kier alpha value is -2.28. The van der Waals surface area contributed by atoms with Crippen LogP contribution in [0.15, 0.2) is 55.3 Å². The molecule has 0 aromatic carbocycles. The summed E-state index contributed by atoms with van der Waals surface area (Å²) in [6.07, 6.45) is 2.93. The van der Waals surface area contributed by atoms with Gasteiger partial charge in [-0.15, -0.1) is 10.2 Å². The number of furan rings is 2. The summed E-state index contributed by atoms with van der Waals surface area (Å²) in [4.78, 5) is 11.7. The quantitative estimate of drug-likeness (QED) is 0.671. The summed E-state index contributed by atoms with van der Waals surface area (Å²) < 4.78 is 15.4. The van der Waals surface area contributed by atoms with Crippen LogP contribution in [0.4, 0.5) is 0 Å². The number of carbonyl (C=O) groups excluding carboxylic acids is 1. The van der Waals surface area contributed by atoms with Gasteiger partial charge in [-0.3, -0.25) is 4.79 Å². The Morgan fingerprint density at radius 2 is 1.94 bits per heavy atom. The van der Waals surface area contributed by atoms with Gasteiger partial charge in [-0.05, 0) is 24.3 Å². The molecule has 0 saturated heterocycles. The highest BCUT2D eigenvalue weighted by Gasteiger charge is 2.17. The van der Waals surface area contributed by atoms with E-state index in [1.165, 1.54) is 12.5 Å². The molecule has 0 aliphatic heterocycles. The molecule has 0 aliphatic rings. The number of hydrogen-bond acceptors (Lipinski definition) is 7. The van der Waals surface area contributed by atoms with Crippen LogP contribution in [0.2, 0.25) is 0 Å². The second kappa shape index (κ2) is 4.53. The Kier molecular flexibility index (Phi) is 2.73. The molecule has 18 heavy (non-hydrogen) atoms. The van der Waals surface area contributed by atoms with Crippen LogP contribution in [-0.2, 0) is 0 Å². The van der Waals surface area contributed by atoms with Crippen molar-refractivity contribution in [1.29, 1.82) is 0 Å². The van der Waals surface area contributed by atoms with E-state index in [9.17, 15) is 4.79 Å². The van der Waals surface area contributed by atoms with Gasteiger partial charge in [-0.2, -0.15) is 0 Å². The Bertz CT molecular complexity index is 642. The number of aromatic nitrogens is 2. The molecule has 0 aliphatic carbocycles. The van der Waals surface area contributed by atoms with Crippen molar-refractivity contribution in [3.05, 3.63) is 42.6 Å². The molecule has 0 amide bonds. The summed E-state index contributed by atoms with van der Waals surface area (Å²) in [6, 6.07) is 6.60. The topological polar surface area (TPSA) is 82.3 Å². The minimum absolute atomic E-state index is 0.141. The van der Waals surface area contributed by atoms with Crippen LogP contribution in [-0.4, -0.2) is 15.3 Å². The molecule has 6 nitrogen and oxygen atoms in total. The van der Waals surface area contributed by atoms with Crippen molar-refractivity contribution in [2.45, 2.75) is 5.22 Å². The molecule has 3 aromatic rings. The van der Waals surface area contributed by atoms with Crippen LogP contribution < -0.4 is 0 Å². The number of rotatable bonds is 3. The van der Waals surface area contributed by atoms with Gasteiger partial charge in [0, 0.05) is 11.8 Å². The number of carbonyl (C=O) groups is 1. The maximum atomic E-state index is 11.7. The summed E-state index contributed by atoms with van der Waals surface area (Å²) in [5.74, 6) is 0.923. The zero-order valence-electron chi connectivity index (χ0n) is 8.90. The molecule has 0 spiro atoms. The fourth-order valence-corrected chi connectivity index (χ4v) is 1.85. The normalized spacial score (nSPS) is 10.7. The second-order valence-electron chi connectivity index (χ2n) is 3.22. The highest BCUT2D eigenvalue weighted by molar-refractivity contribution is 8.13. The Morgan fingerprint density at radius 3 is 2.67 bits per heavy atom. The summed E-state index contributed by atoms with van der Waals surface area (Å²) in [5, 5.41) is 7.37. The van der Waals surface area contributed by atoms with Crippen molar-refractivity contribution in [2.75, 3.05) is 0 Å². The van der Waals surface area contributed by atoms with E-state index in [4.69, 9.17) is 13.3 Å². The van der Waals surface area contributed by atoms with E-state index in [1.807, 2.05) is 0 Å². The van der Waals surface area contributed by atoms with Crippen LogP contribution in [0, 0.1) is 0 Å². The van der Waals surface area contributed by atoms with E-state index in [1.54, 1.807) is 24.3 Å². The van der Waals surface area contributed by atoms with Gasteiger partial charge >= 0.3 is 0 Å². The van der Waals surface area contributed by atoms with Gasteiger partial charge in [0.2, 0.25) is 0 Å². The van der Waals surface area contributed by atoms with Crippen molar-refractivity contribution in [3.8, 4) is 11.7 Å². The molecule has 0 saturated carbocycles. The molecule has 0 radical (unpaired) electrons. The van der Waals surface area contributed by atoms with E-state index in [-0.39, 0.29) is 22.0 Å². The van der Waals surface area contributed by atoms with Crippen LogP contribution in [0.5, 0.6) is 0 Å². The lowest BCUT2D eigenvalue weighted by atomic mass is 10.5. The Morgan fingerprint density at radius 1 is 1.11 bits per heavy atom. The van der Waals surface area contributed by atoms with Crippen molar-refractivity contribution in [1.82, 2.24) is 10.2 Å². The predicted molar refractivity (Wildman–Crippen MR) is 60.9 cm³/mol. The maximum Gasteiger partial charge on any atom is 0.285 e. The monoisotopic (exact) mass is 262 g/mol. The van der Waals surface area contributed by atoms with E-state index in [2.05, 4.69) is 10.2 Å². The summed E-state index contributed by atoms with van der Waals surface area (Å²) in [6.45, 7) is 0. The SMILES string of the molecule is O=C(Sc1nnc(-c2ccco2)o1)c1ccco1. The lowest BCUT2D eigenvalue weighted by molar-refractivity contribution is 0.106. The number of nitrogens with zero attached hydrogens (tertiary/aromatic N) is 2. The smallest absolute Gasteiger partial charge is 0.285 e. The molecule has 3 rings (SSSR count). The maximum absolute atomic E-state index is 11.7. The molecular formula is C11H6N2O4S. The predicted octanol–water partition coefficient (Wildman–Crippen LogP) is 2.86. The summed E-state index contributed by atoms with van der Waals surface area (Å²) in [5.41, 5.74) is 0. The third-order valence-corrected chi connectivity index (χ3v) is 2.77. The van der Waals surface area contributed by atoms with Crippen LogP contribution in [0.1, 0.15) is 10.6 Å². The van der Waals surface area contributed by atoms with Crippen molar-refractivity contribution in [3.63, 3.8) is 0 Å². The van der Waals surface area contributed by atoms with Gasteiger partial charge in [0.1, 0.15) is 0 Å². The lowest BCUT2D eigenvalue weighted by Gasteiger charge is -1.90. The minimum Gasteiger partial charge on any atom is -0.460 e. The average Bonchev–Trinajstić information content (AvgIpc) is 3.12. The molecular weight excluding hydrogens is 256 g/mol. The molecule has 7 heteroatoms. The van der Waals surface area contributed by atoms with Crippen molar-refractivity contribution < 1.29 is 18.0 Å². The molecule has 0 bridgehead atoms. The zero-order chi connectivity index (χ0) is 12.4. The van der Waals surface area contributed by atoms with Crippen LogP contribution >= 0.6 is 11.8 Å². The largest absolute Gasteiger partial charge is 0.460 e. The molecule has 3 heterocycles. The van der Waals surface area contributed by atoms with Gasteiger partial charge in [0.05, 0.1) is 12.5 Å². The molecule has 90 valence electrons. The summed E-state index contributed by atoms with van der Waals surface area (Å²) >= 11 is 0.805. The van der Waals surface area contributed by atoms with E-state index in [0.717, 1.165) is 11.8 Å². The fourth-order valence-electron chi connectivity index (χ4n) is 1.28. The molecule has 0 atom stereocenters. The summed E-state index contributed by atoms with van der Waals surface area (Å²) in [7, 11) is 0. The van der Waals surface area contributed by atoms with E-state index >= 15 is 0 Å². The van der Waals surface area contributed by atoms with Crippen molar-refractivity contribution >= 4 is 16.9 Å². The van der Waals surface area contributed by atoms with Gasteiger partial charge in [-0.25, -0.2) is 0 Å². The first-order chi connectivity index (χ1) is 8.83. The first kappa shape index (κ1) is 10.8. The van der Waals surface area contributed by atoms with E-state index in [0.29, 0.717) is 5.76 Å². The fraction of sp³-hybridized carbons (Fsp3) is 0. The third-order valence-electron chi connectivity index (χ3n) is 2.04. The van der Waals surface area contributed by atoms with E-state index < -0.39 is 0 Å². The van der Waals surface area contributed by atoms with Gasteiger partial charge in [0.25, 0.3) is 16.2 Å². The van der Waals surface area contributed by atoms with Gasteiger partial charge in [0.15, 0.2) is 11.5 Å². The van der Waals surface area contributed by atoms with Crippen LogP contribution in [0.3, 0.4) is 0 Å². The molecule has 0 unspecified atom stereocenters. The highest BCUT2D eigenvalue weighted by Crippen LogP contribution is 2.25. The Balaban J connectivity index is 1.76. The molecule has 3 aromatic heterocycles. The Labute approximate surface area is 105 Å². The van der Waals surface area contributed by atoms with Crippen LogP contribution in [0.25, 0.3) is 11.7 Å². The second-order valence-corrected chi connectivity index (χ2v) is 4.14.